The lowest BCUT2D eigenvalue weighted by atomic mass is 9.93. The van der Waals surface area contributed by atoms with Gasteiger partial charge in [0.1, 0.15) is 11.8 Å². The average molecular weight is 366 g/mol. The predicted molar refractivity (Wildman–Crippen MR) is 92.5 cm³/mol. The van der Waals surface area contributed by atoms with Gasteiger partial charge in [0.25, 0.3) is 0 Å². The van der Waals surface area contributed by atoms with Crippen molar-refractivity contribution in [3.05, 3.63) is 42.0 Å². The van der Waals surface area contributed by atoms with Crippen LogP contribution < -0.4 is 10.2 Å². The van der Waals surface area contributed by atoms with Gasteiger partial charge in [0.05, 0.1) is 12.0 Å². The van der Waals surface area contributed by atoms with Gasteiger partial charge in [0.2, 0.25) is 5.91 Å². The first-order chi connectivity index (χ1) is 12.1. The third-order valence-corrected chi connectivity index (χ3v) is 4.51. The van der Waals surface area contributed by atoms with Crippen molar-refractivity contribution in [3.8, 4) is 5.75 Å². The van der Waals surface area contributed by atoms with E-state index in [2.05, 4.69) is 5.43 Å². The molecule has 0 aromatic heterocycles. The highest BCUT2D eigenvalue weighted by Crippen LogP contribution is 2.41. The minimum absolute atomic E-state index is 0.0208. The van der Waals surface area contributed by atoms with Crippen molar-refractivity contribution in [3.63, 3.8) is 0 Å². The molecule has 0 saturated carbocycles. The largest absolute Gasteiger partial charge is 0.494 e. The van der Waals surface area contributed by atoms with Crippen LogP contribution in [-0.2, 0) is 4.79 Å². The van der Waals surface area contributed by atoms with E-state index in [0.717, 1.165) is 10.4 Å². The van der Waals surface area contributed by atoms with Crippen LogP contribution >= 0.6 is 0 Å². The van der Waals surface area contributed by atoms with Gasteiger partial charge in [0, 0.05) is 6.54 Å². The van der Waals surface area contributed by atoms with Crippen LogP contribution in [0, 0.1) is 5.41 Å². The first-order valence-electron chi connectivity index (χ1n) is 8.43. The standard InChI is InChI=1S/C19H21F3N2O2/c1-4-26-15-8-7-12-5-6-13(9-14(12)10-15)16(19(20,21)22)24-11-18(2,3)17(25)23-24/h5-10,16H,4,11H2,1-3H3,(H,23,25)/t16-/m0/s1. The van der Waals surface area contributed by atoms with Crippen molar-refractivity contribution in [2.45, 2.75) is 33.0 Å². The van der Waals surface area contributed by atoms with Crippen molar-refractivity contribution in [1.82, 2.24) is 10.4 Å². The van der Waals surface area contributed by atoms with Gasteiger partial charge in [-0.15, -0.1) is 0 Å². The zero-order valence-electron chi connectivity index (χ0n) is 14.9. The number of benzene rings is 2. The molecule has 2 aromatic rings. The van der Waals surface area contributed by atoms with E-state index in [0.29, 0.717) is 17.7 Å². The Morgan fingerprint density at radius 2 is 1.88 bits per heavy atom. The number of hydrazine groups is 1. The average Bonchev–Trinajstić information content (AvgIpc) is 2.79. The molecule has 1 aliphatic heterocycles. The smallest absolute Gasteiger partial charge is 0.409 e. The van der Waals surface area contributed by atoms with Crippen LogP contribution in [0.25, 0.3) is 10.8 Å². The van der Waals surface area contributed by atoms with Gasteiger partial charge in [-0.2, -0.15) is 13.2 Å². The summed E-state index contributed by atoms with van der Waals surface area (Å²) in [6.45, 7) is 5.56. The third kappa shape index (κ3) is 3.49. The second-order valence-electron chi connectivity index (χ2n) is 7.10. The summed E-state index contributed by atoms with van der Waals surface area (Å²) in [6.07, 6.45) is -4.53. The van der Waals surface area contributed by atoms with Crippen molar-refractivity contribution in [2.24, 2.45) is 5.41 Å². The summed E-state index contributed by atoms with van der Waals surface area (Å²) in [5.41, 5.74) is 1.59. The molecular weight excluding hydrogens is 345 g/mol. The van der Waals surface area contributed by atoms with E-state index in [9.17, 15) is 18.0 Å². The molecule has 0 bridgehead atoms. The summed E-state index contributed by atoms with van der Waals surface area (Å²) in [4.78, 5) is 12.0. The molecule has 1 heterocycles. The number of ether oxygens (including phenoxy) is 1. The SMILES string of the molecule is CCOc1ccc2ccc([C@H](N3CC(C)(C)C(=O)N3)C(F)(F)F)cc2c1. The van der Waals surface area contributed by atoms with E-state index in [-0.39, 0.29) is 12.1 Å². The molecule has 1 N–H and O–H groups in total. The van der Waals surface area contributed by atoms with Crippen LogP contribution in [0.15, 0.2) is 36.4 Å². The maximum atomic E-state index is 13.8. The Bertz CT molecular complexity index is 833. The first kappa shape index (κ1) is 18.5. The maximum absolute atomic E-state index is 13.8. The number of alkyl halides is 3. The number of nitrogens with zero attached hydrogens (tertiary/aromatic N) is 1. The number of nitrogens with one attached hydrogen (secondary N) is 1. The van der Waals surface area contributed by atoms with Gasteiger partial charge < -0.3 is 4.74 Å². The molecule has 1 fully saturated rings. The Kier molecular flexibility index (Phi) is 4.60. The molecule has 0 aliphatic carbocycles. The Hall–Kier alpha value is -2.28. The molecule has 0 spiro atoms. The fourth-order valence-electron chi connectivity index (χ4n) is 3.19. The topological polar surface area (TPSA) is 41.6 Å². The van der Waals surface area contributed by atoms with Gasteiger partial charge in [-0.1, -0.05) is 18.2 Å². The summed E-state index contributed by atoms with van der Waals surface area (Å²) in [5, 5.41) is 2.46. The Morgan fingerprint density at radius 1 is 1.19 bits per heavy atom. The van der Waals surface area contributed by atoms with Crippen molar-refractivity contribution < 1.29 is 22.7 Å². The van der Waals surface area contributed by atoms with Gasteiger partial charge in [-0.05, 0) is 55.3 Å². The summed E-state index contributed by atoms with van der Waals surface area (Å²) in [5.74, 6) is 0.197. The lowest BCUT2D eigenvalue weighted by molar-refractivity contribution is -0.191. The van der Waals surface area contributed by atoms with E-state index in [1.54, 1.807) is 32.0 Å². The van der Waals surface area contributed by atoms with E-state index >= 15 is 0 Å². The van der Waals surface area contributed by atoms with Crippen LogP contribution in [0.1, 0.15) is 32.4 Å². The molecule has 1 amide bonds. The lowest BCUT2D eigenvalue weighted by Crippen LogP contribution is -2.43. The summed E-state index contributed by atoms with van der Waals surface area (Å²) in [6, 6.07) is 8.04. The molecule has 7 heteroatoms. The molecule has 140 valence electrons. The van der Waals surface area contributed by atoms with E-state index in [1.165, 1.54) is 12.1 Å². The molecule has 2 aromatic carbocycles. The highest BCUT2D eigenvalue weighted by atomic mass is 19.4. The Morgan fingerprint density at radius 3 is 2.46 bits per heavy atom. The van der Waals surface area contributed by atoms with Gasteiger partial charge in [-0.25, -0.2) is 5.01 Å². The van der Waals surface area contributed by atoms with Crippen LogP contribution in [-0.4, -0.2) is 30.2 Å². The minimum Gasteiger partial charge on any atom is -0.494 e. The van der Waals surface area contributed by atoms with E-state index in [4.69, 9.17) is 4.74 Å². The second kappa shape index (κ2) is 6.46. The molecule has 3 rings (SSSR count). The quantitative estimate of drug-likeness (QED) is 0.881. The number of hydrogen-bond acceptors (Lipinski definition) is 3. The number of hydrogen-bond donors (Lipinski definition) is 1. The molecule has 0 radical (unpaired) electrons. The second-order valence-corrected chi connectivity index (χ2v) is 7.10. The third-order valence-electron chi connectivity index (χ3n) is 4.51. The number of carbonyl (C=O) groups is 1. The number of rotatable bonds is 4. The van der Waals surface area contributed by atoms with E-state index < -0.39 is 23.5 Å². The van der Waals surface area contributed by atoms with Crippen molar-refractivity contribution in [2.75, 3.05) is 13.2 Å². The molecule has 4 nitrogen and oxygen atoms in total. The molecule has 1 aliphatic rings. The maximum Gasteiger partial charge on any atom is 0.409 e. The number of carbonyl (C=O) groups excluding carboxylic acids is 1. The Balaban J connectivity index is 2.03. The van der Waals surface area contributed by atoms with Crippen LogP contribution in [0.5, 0.6) is 5.75 Å². The Labute approximate surface area is 149 Å². The normalized spacial score (nSPS) is 18.8. The van der Waals surface area contributed by atoms with Crippen LogP contribution in [0.2, 0.25) is 0 Å². The van der Waals surface area contributed by atoms with Gasteiger partial charge >= 0.3 is 6.18 Å². The fraction of sp³-hybridized carbons (Fsp3) is 0.421. The number of fused-ring (bicyclic) bond motifs is 1. The van der Waals surface area contributed by atoms with E-state index in [1.807, 2.05) is 13.0 Å². The molecule has 1 saturated heterocycles. The number of amides is 1. The zero-order valence-corrected chi connectivity index (χ0v) is 14.9. The molecule has 0 unspecified atom stereocenters. The van der Waals surface area contributed by atoms with Crippen molar-refractivity contribution >= 4 is 16.7 Å². The summed E-state index contributed by atoms with van der Waals surface area (Å²) < 4.78 is 46.9. The highest BCUT2D eigenvalue weighted by molar-refractivity contribution is 5.85. The predicted octanol–water partition coefficient (Wildman–Crippen LogP) is 4.21. The van der Waals surface area contributed by atoms with Crippen LogP contribution in [0.4, 0.5) is 13.2 Å². The van der Waals surface area contributed by atoms with Gasteiger partial charge in [0.15, 0.2) is 0 Å². The molecule has 26 heavy (non-hydrogen) atoms. The highest BCUT2D eigenvalue weighted by Gasteiger charge is 2.51. The minimum atomic E-state index is -4.53. The zero-order chi connectivity index (χ0) is 19.1. The molecular formula is C19H21F3N2O2. The molecule has 1 atom stereocenters. The number of halogens is 3. The first-order valence-corrected chi connectivity index (χ1v) is 8.43. The van der Waals surface area contributed by atoms with Gasteiger partial charge in [-0.3, -0.25) is 10.2 Å². The van der Waals surface area contributed by atoms with Crippen molar-refractivity contribution in [1.29, 1.82) is 0 Å². The summed E-state index contributed by atoms with van der Waals surface area (Å²) >= 11 is 0. The summed E-state index contributed by atoms with van der Waals surface area (Å²) in [7, 11) is 0. The monoisotopic (exact) mass is 366 g/mol. The fourth-order valence-corrected chi connectivity index (χ4v) is 3.19. The van der Waals surface area contributed by atoms with Crippen LogP contribution in [0.3, 0.4) is 0 Å². The lowest BCUT2D eigenvalue weighted by Gasteiger charge is -2.30.